The molecule has 6 heteroatoms. The van der Waals surface area contributed by atoms with Gasteiger partial charge in [0.15, 0.2) is 0 Å². The third-order valence-electron chi connectivity index (χ3n) is 6.80. The number of ether oxygens (including phenoxy) is 1. The molecule has 3 heterocycles. The van der Waals surface area contributed by atoms with Gasteiger partial charge in [0.1, 0.15) is 11.3 Å². The van der Waals surface area contributed by atoms with Crippen LogP contribution in [0.1, 0.15) is 47.5 Å². The standard InChI is InChI=1S/C25H29N3O3/c29-21-14-23-24(26-15-21)22(25(30)27-10-12-31-13-11-27)17-28(23)16-18-6-8-20(9-7-18)19-4-2-1-3-5-19/h1-5,14-15,17-18,20,29H,6-13,16H2. The molecule has 1 amide bonds. The van der Waals surface area contributed by atoms with Crippen LogP contribution < -0.4 is 0 Å². The van der Waals surface area contributed by atoms with Crippen molar-refractivity contribution in [2.45, 2.75) is 38.1 Å². The Morgan fingerprint density at radius 1 is 1.10 bits per heavy atom. The number of nitrogens with zero attached hydrogens (tertiary/aromatic N) is 3. The van der Waals surface area contributed by atoms with E-state index in [1.54, 1.807) is 6.07 Å². The monoisotopic (exact) mass is 419 g/mol. The van der Waals surface area contributed by atoms with E-state index in [1.807, 2.05) is 11.1 Å². The lowest BCUT2D eigenvalue weighted by molar-refractivity contribution is 0.0304. The molecule has 1 aliphatic carbocycles. The number of hydrogen-bond donors (Lipinski definition) is 1. The van der Waals surface area contributed by atoms with Crippen molar-refractivity contribution < 1.29 is 14.6 Å². The van der Waals surface area contributed by atoms with Crippen LogP contribution in [0.2, 0.25) is 0 Å². The SMILES string of the molecule is O=C(c1cn(CC2CCC(c3ccccc3)CC2)c2cc(O)cnc12)N1CCOCC1. The minimum absolute atomic E-state index is 0.00183. The molecular weight excluding hydrogens is 390 g/mol. The molecule has 1 aromatic carbocycles. The lowest BCUT2D eigenvalue weighted by atomic mass is 9.78. The van der Waals surface area contributed by atoms with E-state index < -0.39 is 0 Å². The second-order valence-corrected chi connectivity index (χ2v) is 8.79. The number of rotatable bonds is 4. The summed E-state index contributed by atoms with van der Waals surface area (Å²) < 4.78 is 7.52. The van der Waals surface area contributed by atoms with Crippen LogP contribution in [-0.4, -0.2) is 51.8 Å². The number of hydrogen-bond acceptors (Lipinski definition) is 4. The molecule has 1 saturated heterocycles. The fourth-order valence-electron chi connectivity index (χ4n) is 5.08. The lowest BCUT2D eigenvalue weighted by Crippen LogP contribution is -2.40. The number of aromatic hydroxyl groups is 1. The summed E-state index contributed by atoms with van der Waals surface area (Å²) in [6.45, 7) is 3.20. The minimum atomic E-state index is -0.00183. The highest BCUT2D eigenvalue weighted by molar-refractivity contribution is 6.05. The Morgan fingerprint density at radius 3 is 2.58 bits per heavy atom. The van der Waals surface area contributed by atoms with Crippen molar-refractivity contribution >= 4 is 16.9 Å². The molecule has 0 radical (unpaired) electrons. The van der Waals surface area contributed by atoms with Gasteiger partial charge in [-0.05, 0) is 43.1 Å². The van der Waals surface area contributed by atoms with E-state index in [-0.39, 0.29) is 11.7 Å². The molecular formula is C25H29N3O3. The van der Waals surface area contributed by atoms with Gasteiger partial charge in [0, 0.05) is 31.9 Å². The molecule has 5 rings (SSSR count). The second kappa shape index (κ2) is 8.71. The van der Waals surface area contributed by atoms with Crippen LogP contribution in [0.5, 0.6) is 5.75 Å². The maximum Gasteiger partial charge on any atom is 0.257 e. The summed E-state index contributed by atoms with van der Waals surface area (Å²) in [5.41, 5.74) is 3.57. The smallest absolute Gasteiger partial charge is 0.257 e. The van der Waals surface area contributed by atoms with Gasteiger partial charge in [-0.1, -0.05) is 30.3 Å². The number of benzene rings is 1. The molecule has 1 N–H and O–H groups in total. The molecule has 2 aliphatic rings. The topological polar surface area (TPSA) is 67.6 Å². The molecule has 6 nitrogen and oxygen atoms in total. The molecule has 1 aliphatic heterocycles. The average molecular weight is 420 g/mol. The maximum absolute atomic E-state index is 13.2. The van der Waals surface area contributed by atoms with Crippen molar-refractivity contribution in [1.29, 1.82) is 0 Å². The predicted molar refractivity (Wildman–Crippen MR) is 119 cm³/mol. The molecule has 2 fully saturated rings. The van der Waals surface area contributed by atoms with Crippen LogP contribution in [0, 0.1) is 5.92 Å². The first kappa shape index (κ1) is 20.1. The van der Waals surface area contributed by atoms with Crippen LogP contribution in [0.15, 0.2) is 48.8 Å². The molecule has 0 atom stereocenters. The Labute approximate surface area is 182 Å². The zero-order chi connectivity index (χ0) is 21.2. The maximum atomic E-state index is 13.2. The Kier molecular flexibility index (Phi) is 5.64. The van der Waals surface area contributed by atoms with Crippen LogP contribution in [-0.2, 0) is 11.3 Å². The molecule has 162 valence electrons. The van der Waals surface area contributed by atoms with Gasteiger partial charge in [0.05, 0.1) is 30.5 Å². The van der Waals surface area contributed by atoms with Crippen molar-refractivity contribution in [1.82, 2.24) is 14.5 Å². The van der Waals surface area contributed by atoms with Crippen molar-refractivity contribution in [3.8, 4) is 5.75 Å². The highest BCUT2D eigenvalue weighted by Gasteiger charge is 2.26. The number of carbonyl (C=O) groups excluding carboxylic acids is 1. The van der Waals surface area contributed by atoms with Crippen molar-refractivity contribution in [2.24, 2.45) is 5.92 Å². The predicted octanol–water partition coefficient (Wildman–Crippen LogP) is 4.19. The Balaban J connectivity index is 1.35. The van der Waals surface area contributed by atoms with E-state index in [0.717, 1.165) is 24.9 Å². The summed E-state index contributed by atoms with van der Waals surface area (Å²) in [4.78, 5) is 19.4. The van der Waals surface area contributed by atoms with E-state index in [1.165, 1.54) is 24.6 Å². The van der Waals surface area contributed by atoms with Gasteiger partial charge in [0.25, 0.3) is 5.91 Å². The first-order chi connectivity index (χ1) is 15.2. The van der Waals surface area contributed by atoms with Crippen molar-refractivity contribution in [3.05, 3.63) is 59.9 Å². The summed E-state index contributed by atoms with van der Waals surface area (Å²) >= 11 is 0. The third kappa shape index (κ3) is 4.17. The van der Waals surface area contributed by atoms with Crippen molar-refractivity contribution in [2.75, 3.05) is 26.3 Å². The molecule has 1 saturated carbocycles. The van der Waals surface area contributed by atoms with Gasteiger partial charge >= 0.3 is 0 Å². The Morgan fingerprint density at radius 2 is 1.84 bits per heavy atom. The summed E-state index contributed by atoms with van der Waals surface area (Å²) in [7, 11) is 0. The summed E-state index contributed by atoms with van der Waals surface area (Å²) in [5, 5.41) is 10.0. The van der Waals surface area contributed by atoms with E-state index in [0.29, 0.717) is 49.2 Å². The fourth-order valence-corrected chi connectivity index (χ4v) is 5.08. The van der Waals surface area contributed by atoms with Gasteiger partial charge < -0.3 is 19.3 Å². The average Bonchev–Trinajstić information content (AvgIpc) is 3.17. The van der Waals surface area contributed by atoms with Crippen LogP contribution in [0.4, 0.5) is 0 Å². The highest BCUT2D eigenvalue weighted by atomic mass is 16.5. The largest absolute Gasteiger partial charge is 0.506 e. The number of pyridine rings is 1. The number of carbonyl (C=O) groups is 1. The number of morpholine rings is 1. The summed E-state index contributed by atoms with van der Waals surface area (Å²) in [5.74, 6) is 1.33. The zero-order valence-electron chi connectivity index (χ0n) is 17.7. The third-order valence-corrected chi connectivity index (χ3v) is 6.80. The molecule has 3 aromatic rings. The van der Waals surface area contributed by atoms with E-state index in [2.05, 4.69) is 39.9 Å². The Hall–Kier alpha value is -2.86. The summed E-state index contributed by atoms with van der Waals surface area (Å²) in [6.07, 6.45) is 8.08. The van der Waals surface area contributed by atoms with E-state index in [4.69, 9.17) is 4.74 Å². The zero-order valence-corrected chi connectivity index (χ0v) is 17.7. The second-order valence-electron chi connectivity index (χ2n) is 8.79. The summed E-state index contributed by atoms with van der Waals surface area (Å²) in [6, 6.07) is 12.5. The first-order valence-corrected chi connectivity index (χ1v) is 11.3. The first-order valence-electron chi connectivity index (χ1n) is 11.3. The van der Waals surface area contributed by atoms with Gasteiger partial charge in [-0.25, -0.2) is 4.98 Å². The number of amides is 1. The van der Waals surface area contributed by atoms with Crippen LogP contribution in [0.25, 0.3) is 11.0 Å². The van der Waals surface area contributed by atoms with Gasteiger partial charge in [-0.3, -0.25) is 4.79 Å². The molecule has 2 aromatic heterocycles. The quantitative estimate of drug-likeness (QED) is 0.689. The molecule has 0 unspecified atom stereocenters. The van der Waals surface area contributed by atoms with Crippen LogP contribution >= 0.6 is 0 Å². The number of aromatic nitrogens is 2. The molecule has 0 spiro atoms. The number of fused-ring (bicyclic) bond motifs is 1. The van der Waals surface area contributed by atoms with Gasteiger partial charge in [-0.15, -0.1) is 0 Å². The van der Waals surface area contributed by atoms with Gasteiger partial charge in [0.2, 0.25) is 0 Å². The molecule has 31 heavy (non-hydrogen) atoms. The minimum Gasteiger partial charge on any atom is -0.506 e. The molecule has 0 bridgehead atoms. The van der Waals surface area contributed by atoms with Gasteiger partial charge in [-0.2, -0.15) is 0 Å². The van der Waals surface area contributed by atoms with Crippen molar-refractivity contribution in [3.63, 3.8) is 0 Å². The lowest BCUT2D eigenvalue weighted by Gasteiger charge is -2.29. The normalized spacial score (nSPS) is 22.0. The fraction of sp³-hybridized carbons (Fsp3) is 0.440. The highest BCUT2D eigenvalue weighted by Crippen LogP contribution is 2.37. The van der Waals surface area contributed by atoms with E-state index in [9.17, 15) is 9.90 Å². The van der Waals surface area contributed by atoms with Crippen LogP contribution in [0.3, 0.4) is 0 Å². The van der Waals surface area contributed by atoms with E-state index >= 15 is 0 Å². The Bertz CT molecular complexity index is 1050.